The molecule has 220 valence electrons. The minimum atomic E-state index is -1.10. The highest BCUT2D eigenvalue weighted by atomic mass is 35.5. The second-order valence-electron chi connectivity index (χ2n) is 11.3. The van der Waals surface area contributed by atoms with E-state index in [1.165, 1.54) is 12.1 Å². The van der Waals surface area contributed by atoms with Gasteiger partial charge in [0, 0.05) is 37.9 Å². The highest BCUT2D eigenvalue weighted by molar-refractivity contribution is 6.30. The molecule has 0 saturated carbocycles. The van der Waals surface area contributed by atoms with Crippen molar-refractivity contribution < 1.29 is 28.6 Å². The number of nitrogens with zero attached hydrogens (tertiary/aromatic N) is 4. The number of fused-ring (bicyclic) bond motifs is 1. The lowest BCUT2D eigenvalue weighted by molar-refractivity contribution is -0.148. The number of hydrogen-bond donors (Lipinski definition) is 1. The Morgan fingerprint density at radius 1 is 1.14 bits per heavy atom. The number of aliphatic carboxylic acids is 1. The number of urea groups is 1. The molecule has 5 rings (SSSR count). The SMILES string of the molecule is CN1Cc2ncc(Cl)cc2N(C2CCN(C(=O)c3ccc(-c4ccccc4OCC(C)(C)C(=O)O)cc3F)CC2)C1=O. The summed E-state index contributed by atoms with van der Waals surface area (Å²) in [7, 11) is 1.72. The van der Waals surface area contributed by atoms with Gasteiger partial charge in [0.1, 0.15) is 18.2 Å². The summed E-state index contributed by atoms with van der Waals surface area (Å²) in [6.07, 6.45) is 2.61. The van der Waals surface area contributed by atoms with Crippen molar-refractivity contribution in [1.29, 1.82) is 0 Å². The summed E-state index contributed by atoms with van der Waals surface area (Å²) in [6.45, 7) is 4.17. The Morgan fingerprint density at radius 2 is 1.86 bits per heavy atom. The first-order valence-corrected chi connectivity index (χ1v) is 14.1. The third kappa shape index (κ3) is 5.76. The smallest absolute Gasteiger partial charge is 0.324 e. The molecule has 0 unspecified atom stereocenters. The van der Waals surface area contributed by atoms with E-state index in [0.717, 1.165) is 5.69 Å². The Labute approximate surface area is 248 Å². The predicted octanol–water partition coefficient (Wildman–Crippen LogP) is 5.71. The van der Waals surface area contributed by atoms with Gasteiger partial charge in [-0.05, 0) is 56.5 Å². The number of hydrogen-bond acceptors (Lipinski definition) is 5. The van der Waals surface area contributed by atoms with Gasteiger partial charge in [-0.15, -0.1) is 0 Å². The van der Waals surface area contributed by atoms with E-state index in [2.05, 4.69) is 4.98 Å². The number of para-hydroxylation sites is 1. The molecule has 0 spiro atoms. The summed E-state index contributed by atoms with van der Waals surface area (Å²) in [5.74, 6) is -1.65. The van der Waals surface area contributed by atoms with Gasteiger partial charge in [-0.1, -0.05) is 35.9 Å². The minimum absolute atomic E-state index is 0.0438. The van der Waals surface area contributed by atoms with Crippen LogP contribution in [0.3, 0.4) is 0 Å². The second kappa shape index (κ2) is 11.6. The fourth-order valence-corrected chi connectivity index (χ4v) is 5.38. The summed E-state index contributed by atoms with van der Waals surface area (Å²) in [5.41, 5.74) is 1.39. The lowest BCUT2D eigenvalue weighted by atomic mass is 9.95. The van der Waals surface area contributed by atoms with E-state index in [0.29, 0.717) is 60.1 Å². The Kier molecular flexibility index (Phi) is 8.10. The van der Waals surface area contributed by atoms with Crippen LogP contribution in [0.25, 0.3) is 11.1 Å². The molecule has 11 heteroatoms. The van der Waals surface area contributed by atoms with Crippen molar-refractivity contribution in [3.63, 3.8) is 0 Å². The standard InChI is InChI=1S/C31H32ClFN4O5/c1-31(2,29(39)40)18-42-27-7-5-4-6-22(27)19-8-9-23(24(33)14-19)28(38)36-12-10-21(11-13-36)37-26-15-20(32)16-34-25(26)17-35(3)30(37)41/h4-9,14-16,21H,10-13,17-18H2,1-3H3,(H,39,40). The van der Waals surface area contributed by atoms with Crippen LogP contribution >= 0.6 is 11.6 Å². The van der Waals surface area contributed by atoms with Crippen LogP contribution in [0.15, 0.2) is 54.7 Å². The number of amides is 3. The number of aromatic nitrogens is 1. The van der Waals surface area contributed by atoms with Crippen LogP contribution in [0.1, 0.15) is 42.7 Å². The molecular weight excluding hydrogens is 563 g/mol. The molecule has 3 amide bonds. The quantitative estimate of drug-likeness (QED) is 0.376. The molecule has 0 bridgehead atoms. The molecule has 9 nitrogen and oxygen atoms in total. The number of carbonyl (C=O) groups excluding carboxylic acids is 2. The maximum Gasteiger partial charge on any atom is 0.324 e. The van der Waals surface area contributed by atoms with Gasteiger partial charge in [0.05, 0.1) is 33.9 Å². The van der Waals surface area contributed by atoms with E-state index in [1.54, 1.807) is 78.2 Å². The lowest BCUT2D eigenvalue weighted by Crippen LogP contribution is -2.54. The van der Waals surface area contributed by atoms with E-state index >= 15 is 4.39 Å². The number of carboxylic acid groups (broad SMARTS) is 1. The number of carbonyl (C=O) groups is 3. The summed E-state index contributed by atoms with van der Waals surface area (Å²) < 4.78 is 21.2. The molecule has 0 atom stereocenters. The van der Waals surface area contributed by atoms with Crippen molar-refractivity contribution in [1.82, 2.24) is 14.8 Å². The van der Waals surface area contributed by atoms with Crippen molar-refractivity contribution >= 4 is 35.2 Å². The zero-order valence-electron chi connectivity index (χ0n) is 23.6. The Hall–Kier alpha value is -4.18. The Balaban J connectivity index is 1.29. The normalized spacial score (nSPS) is 15.9. The topological polar surface area (TPSA) is 103 Å². The third-order valence-corrected chi connectivity index (χ3v) is 7.98. The van der Waals surface area contributed by atoms with Crippen molar-refractivity contribution in [2.24, 2.45) is 5.41 Å². The average Bonchev–Trinajstić information content (AvgIpc) is 2.97. The minimum Gasteiger partial charge on any atom is -0.492 e. The number of ether oxygens (including phenoxy) is 1. The van der Waals surface area contributed by atoms with Gasteiger partial charge in [-0.2, -0.15) is 0 Å². The van der Waals surface area contributed by atoms with Crippen molar-refractivity contribution in [3.05, 3.63) is 76.8 Å². The van der Waals surface area contributed by atoms with E-state index in [9.17, 15) is 19.5 Å². The largest absolute Gasteiger partial charge is 0.492 e. The number of pyridine rings is 1. The van der Waals surface area contributed by atoms with Crippen LogP contribution in [0.5, 0.6) is 5.75 Å². The van der Waals surface area contributed by atoms with E-state index in [4.69, 9.17) is 16.3 Å². The van der Waals surface area contributed by atoms with Gasteiger partial charge in [0.15, 0.2) is 0 Å². The molecule has 2 aliphatic rings. The summed E-state index contributed by atoms with van der Waals surface area (Å²) >= 11 is 6.19. The van der Waals surface area contributed by atoms with Gasteiger partial charge in [0.25, 0.3) is 5.91 Å². The zero-order valence-corrected chi connectivity index (χ0v) is 24.4. The van der Waals surface area contributed by atoms with Gasteiger partial charge in [-0.25, -0.2) is 9.18 Å². The van der Waals surface area contributed by atoms with Crippen molar-refractivity contribution in [3.8, 4) is 16.9 Å². The first-order chi connectivity index (χ1) is 20.0. The number of rotatable bonds is 7. The van der Waals surface area contributed by atoms with Gasteiger partial charge in [-0.3, -0.25) is 19.5 Å². The summed E-state index contributed by atoms with van der Waals surface area (Å²) in [4.78, 5) is 47.2. The van der Waals surface area contributed by atoms with Crippen LogP contribution < -0.4 is 9.64 Å². The molecular formula is C31H32ClFN4O5. The third-order valence-electron chi connectivity index (χ3n) is 7.77. The maximum atomic E-state index is 15.4. The second-order valence-corrected chi connectivity index (χ2v) is 11.8. The average molecular weight is 595 g/mol. The number of benzene rings is 2. The molecule has 42 heavy (non-hydrogen) atoms. The molecule has 0 radical (unpaired) electrons. The first kappa shape index (κ1) is 29.3. The van der Waals surface area contributed by atoms with Crippen molar-refractivity contribution in [2.45, 2.75) is 39.3 Å². The molecule has 1 aromatic heterocycles. The number of likely N-dealkylation sites (tertiary alicyclic amines) is 1. The van der Waals surface area contributed by atoms with Gasteiger partial charge in [0.2, 0.25) is 0 Å². The van der Waals surface area contributed by atoms with Crippen LogP contribution in [0.2, 0.25) is 5.02 Å². The molecule has 0 aliphatic carbocycles. The van der Waals surface area contributed by atoms with Crippen LogP contribution in [0, 0.1) is 11.2 Å². The molecule has 1 N–H and O–H groups in total. The number of anilines is 1. The zero-order chi connectivity index (χ0) is 30.2. The summed E-state index contributed by atoms with van der Waals surface area (Å²) in [6, 6.07) is 12.8. The lowest BCUT2D eigenvalue weighted by Gasteiger charge is -2.42. The van der Waals surface area contributed by atoms with E-state index in [-0.39, 0.29) is 24.2 Å². The highest BCUT2D eigenvalue weighted by Crippen LogP contribution is 2.35. The fourth-order valence-electron chi connectivity index (χ4n) is 5.22. The molecule has 1 saturated heterocycles. The van der Waals surface area contributed by atoms with Crippen LogP contribution in [0.4, 0.5) is 14.9 Å². The highest BCUT2D eigenvalue weighted by Gasteiger charge is 2.37. The molecule has 3 heterocycles. The van der Waals surface area contributed by atoms with Crippen LogP contribution in [-0.4, -0.2) is 70.6 Å². The van der Waals surface area contributed by atoms with Gasteiger partial charge >= 0.3 is 12.0 Å². The predicted molar refractivity (Wildman–Crippen MR) is 156 cm³/mol. The number of halogens is 2. The Bertz CT molecular complexity index is 1540. The monoisotopic (exact) mass is 594 g/mol. The molecule has 2 aliphatic heterocycles. The number of carboxylic acids is 1. The summed E-state index contributed by atoms with van der Waals surface area (Å²) in [5, 5.41) is 9.84. The molecule has 2 aromatic carbocycles. The Morgan fingerprint density at radius 3 is 2.55 bits per heavy atom. The van der Waals surface area contributed by atoms with E-state index < -0.39 is 23.1 Å². The van der Waals surface area contributed by atoms with Gasteiger partial charge < -0.3 is 19.6 Å². The molecule has 1 fully saturated rings. The number of piperidine rings is 1. The van der Waals surface area contributed by atoms with Crippen LogP contribution in [-0.2, 0) is 11.3 Å². The fraction of sp³-hybridized carbons (Fsp3) is 0.355. The van der Waals surface area contributed by atoms with E-state index in [1.807, 2.05) is 0 Å². The molecule has 3 aromatic rings. The maximum absolute atomic E-state index is 15.4. The first-order valence-electron chi connectivity index (χ1n) is 13.7. The van der Waals surface area contributed by atoms with Crippen molar-refractivity contribution in [2.75, 3.05) is 31.6 Å².